The largest absolute Gasteiger partial charge is 0.339 e. The van der Waals surface area contributed by atoms with Crippen LogP contribution in [0.2, 0.25) is 0 Å². The van der Waals surface area contributed by atoms with E-state index in [1.807, 2.05) is 65.6 Å². The Morgan fingerprint density at radius 2 is 1.61 bits per heavy atom. The normalized spacial score (nSPS) is 14.5. The summed E-state index contributed by atoms with van der Waals surface area (Å²) in [5.41, 5.74) is 1.62. The molecule has 0 saturated carbocycles. The minimum absolute atomic E-state index is 0.0455. The van der Waals surface area contributed by atoms with Crippen molar-refractivity contribution in [1.82, 2.24) is 9.80 Å². The van der Waals surface area contributed by atoms with E-state index in [9.17, 15) is 9.59 Å². The Morgan fingerprint density at radius 1 is 0.909 bits per heavy atom. The smallest absolute Gasteiger partial charge is 0.253 e. The molecule has 1 heterocycles. The molecule has 1 aliphatic rings. The highest BCUT2D eigenvalue weighted by Gasteiger charge is 2.27. The summed E-state index contributed by atoms with van der Waals surface area (Å²) in [5.74, 6) is 0.162. The van der Waals surface area contributed by atoms with E-state index in [2.05, 4.69) is 29.3 Å². The predicted octanol–water partition coefficient (Wildman–Crippen LogP) is 5.19. The van der Waals surface area contributed by atoms with Crippen LogP contribution in [-0.4, -0.2) is 53.8 Å². The Bertz CT molecular complexity index is 1070. The first-order valence-electron chi connectivity index (χ1n) is 12.0. The molecule has 3 aromatic rings. The van der Waals surface area contributed by atoms with E-state index in [0.717, 1.165) is 67.5 Å². The minimum Gasteiger partial charge on any atom is -0.339 e. The van der Waals surface area contributed by atoms with Crippen molar-refractivity contribution in [3.05, 3.63) is 78.4 Å². The third-order valence-corrected chi connectivity index (χ3v) is 6.49. The van der Waals surface area contributed by atoms with Crippen LogP contribution in [0.5, 0.6) is 0 Å². The lowest BCUT2D eigenvalue weighted by Gasteiger charge is -2.38. The maximum atomic E-state index is 12.8. The zero-order valence-corrected chi connectivity index (χ0v) is 19.4. The maximum absolute atomic E-state index is 12.8. The average molecular weight is 444 g/mol. The molecule has 1 aliphatic heterocycles. The van der Waals surface area contributed by atoms with Crippen LogP contribution in [0, 0.1) is 0 Å². The molecule has 0 spiro atoms. The number of hydrogen-bond donors (Lipinski definition) is 1. The number of piperidine rings is 1. The van der Waals surface area contributed by atoms with Crippen LogP contribution in [-0.2, 0) is 4.79 Å². The molecule has 1 N–H and O–H groups in total. The highest BCUT2D eigenvalue weighted by atomic mass is 16.2. The van der Waals surface area contributed by atoms with Gasteiger partial charge in [-0.15, -0.1) is 0 Å². The van der Waals surface area contributed by atoms with Gasteiger partial charge >= 0.3 is 0 Å². The van der Waals surface area contributed by atoms with Crippen LogP contribution in [0.25, 0.3) is 10.8 Å². The Labute approximate surface area is 196 Å². The fourth-order valence-corrected chi connectivity index (χ4v) is 4.75. The summed E-state index contributed by atoms with van der Waals surface area (Å²) in [4.78, 5) is 29.9. The van der Waals surface area contributed by atoms with Crippen molar-refractivity contribution in [2.45, 2.75) is 38.6 Å². The third-order valence-electron chi connectivity index (χ3n) is 6.49. The number of nitrogens with zero attached hydrogens (tertiary/aromatic N) is 2. The van der Waals surface area contributed by atoms with Crippen LogP contribution >= 0.6 is 0 Å². The minimum atomic E-state index is 0.0455. The van der Waals surface area contributed by atoms with Crippen LogP contribution in [0.1, 0.15) is 43.0 Å². The van der Waals surface area contributed by atoms with E-state index in [-0.39, 0.29) is 11.8 Å². The second-order valence-electron chi connectivity index (χ2n) is 8.75. The van der Waals surface area contributed by atoms with Gasteiger partial charge in [0.05, 0.1) is 0 Å². The van der Waals surface area contributed by atoms with E-state index >= 15 is 0 Å². The molecule has 1 saturated heterocycles. The molecule has 0 aliphatic carbocycles. The number of hydrogen-bond acceptors (Lipinski definition) is 3. The van der Waals surface area contributed by atoms with Gasteiger partial charge in [0.1, 0.15) is 0 Å². The lowest BCUT2D eigenvalue weighted by Crippen LogP contribution is -2.47. The van der Waals surface area contributed by atoms with E-state index in [1.54, 1.807) is 0 Å². The van der Waals surface area contributed by atoms with Gasteiger partial charge in [-0.25, -0.2) is 0 Å². The number of carbonyl (C=O) groups excluding carboxylic acids is 2. The molecule has 3 aromatic carbocycles. The van der Waals surface area contributed by atoms with Crippen LogP contribution in [0.4, 0.5) is 5.69 Å². The second-order valence-corrected chi connectivity index (χ2v) is 8.75. The number of likely N-dealkylation sites (tertiary alicyclic amines) is 1. The van der Waals surface area contributed by atoms with E-state index in [4.69, 9.17) is 0 Å². The first-order chi connectivity index (χ1) is 16.2. The van der Waals surface area contributed by atoms with Gasteiger partial charge < -0.3 is 10.2 Å². The van der Waals surface area contributed by atoms with Gasteiger partial charge in [0.2, 0.25) is 5.91 Å². The lowest BCUT2D eigenvalue weighted by atomic mass is 10.0. The molecular weight excluding hydrogens is 410 g/mol. The third kappa shape index (κ3) is 5.79. The summed E-state index contributed by atoms with van der Waals surface area (Å²) in [5, 5.41) is 5.30. The summed E-state index contributed by atoms with van der Waals surface area (Å²) in [6, 6.07) is 24.0. The molecule has 2 amide bonds. The number of amides is 2. The molecule has 4 rings (SSSR count). The molecule has 1 fully saturated rings. The van der Waals surface area contributed by atoms with Gasteiger partial charge in [-0.1, -0.05) is 61.5 Å². The molecular formula is C28H33N3O2. The van der Waals surface area contributed by atoms with E-state index < -0.39 is 0 Å². The number of fused-ring (bicyclic) bond motifs is 1. The number of anilines is 1. The van der Waals surface area contributed by atoms with Crippen LogP contribution < -0.4 is 5.32 Å². The van der Waals surface area contributed by atoms with Crippen molar-refractivity contribution in [1.29, 1.82) is 0 Å². The van der Waals surface area contributed by atoms with Gasteiger partial charge in [-0.3, -0.25) is 14.5 Å². The first-order valence-corrected chi connectivity index (χ1v) is 12.0. The monoisotopic (exact) mass is 443 g/mol. The summed E-state index contributed by atoms with van der Waals surface area (Å²) in [7, 11) is 0. The van der Waals surface area contributed by atoms with Crippen LogP contribution in [0.3, 0.4) is 0 Å². The topological polar surface area (TPSA) is 52.7 Å². The van der Waals surface area contributed by atoms with Crippen molar-refractivity contribution in [3.8, 4) is 0 Å². The van der Waals surface area contributed by atoms with Gasteiger partial charge in [0.15, 0.2) is 0 Å². The molecule has 0 aromatic heterocycles. The van der Waals surface area contributed by atoms with Gasteiger partial charge in [0, 0.05) is 48.7 Å². The Hall–Kier alpha value is -3.18. The van der Waals surface area contributed by atoms with Gasteiger partial charge in [-0.2, -0.15) is 0 Å². The Balaban J connectivity index is 1.31. The molecule has 172 valence electrons. The van der Waals surface area contributed by atoms with Crippen molar-refractivity contribution >= 4 is 28.3 Å². The summed E-state index contributed by atoms with van der Waals surface area (Å²) < 4.78 is 0. The Morgan fingerprint density at radius 3 is 2.36 bits per heavy atom. The van der Waals surface area contributed by atoms with Crippen molar-refractivity contribution in [2.75, 3.05) is 31.5 Å². The number of nitrogens with one attached hydrogen (secondary N) is 1. The van der Waals surface area contributed by atoms with Crippen molar-refractivity contribution < 1.29 is 9.59 Å². The SMILES string of the molecule is CCCN(CCC(=O)Nc1cccc2ccccc12)C1CCN(C(=O)c2ccccc2)CC1. The summed E-state index contributed by atoms with van der Waals surface area (Å²) in [6.45, 7) is 5.42. The average Bonchev–Trinajstić information content (AvgIpc) is 2.87. The van der Waals surface area contributed by atoms with E-state index in [1.165, 1.54) is 0 Å². The Kier molecular flexibility index (Phi) is 7.74. The first kappa shape index (κ1) is 23.0. The molecule has 0 radical (unpaired) electrons. The molecule has 33 heavy (non-hydrogen) atoms. The molecule has 0 atom stereocenters. The standard InChI is InChI=1S/C28H33N3O2/c1-2-18-30(24-15-19-31(20-16-24)28(33)23-10-4-3-5-11-23)21-17-27(32)29-26-14-8-12-22-9-6-7-13-25(22)26/h3-14,24H,2,15-21H2,1H3,(H,29,32). The summed E-state index contributed by atoms with van der Waals surface area (Å²) in [6.07, 6.45) is 3.41. The molecule has 5 nitrogen and oxygen atoms in total. The highest BCUT2D eigenvalue weighted by Crippen LogP contribution is 2.23. The number of rotatable bonds is 8. The molecule has 5 heteroatoms. The number of carbonyl (C=O) groups is 2. The van der Waals surface area contributed by atoms with Gasteiger partial charge in [-0.05, 0) is 49.4 Å². The lowest BCUT2D eigenvalue weighted by molar-refractivity contribution is -0.116. The fourth-order valence-electron chi connectivity index (χ4n) is 4.75. The number of benzene rings is 3. The quantitative estimate of drug-likeness (QED) is 0.522. The van der Waals surface area contributed by atoms with Crippen molar-refractivity contribution in [3.63, 3.8) is 0 Å². The molecule has 0 bridgehead atoms. The fraction of sp³-hybridized carbons (Fsp3) is 0.357. The maximum Gasteiger partial charge on any atom is 0.253 e. The van der Waals surface area contributed by atoms with Crippen LogP contribution in [0.15, 0.2) is 72.8 Å². The molecule has 0 unspecified atom stereocenters. The zero-order valence-electron chi connectivity index (χ0n) is 19.4. The predicted molar refractivity (Wildman–Crippen MR) is 134 cm³/mol. The summed E-state index contributed by atoms with van der Waals surface area (Å²) >= 11 is 0. The zero-order chi connectivity index (χ0) is 23.0. The second kappa shape index (κ2) is 11.1. The highest BCUT2D eigenvalue weighted by molar-refractivity contribution is 6.02. The van der Waals surface area contributed by atoms with E-state index in [0.29, 0.717) is 12.5 Å². The van der Waals surface area contributed by atoms with Crippen molar-refractivity contribution in [2.24, 2.45) is 0 Å². The van der Waals surface area contributed by atoms with Gasteiger partial charge in [0.25, 0.3) is 5.91 Å².